The molecule has 0 spiro atoms. The molecule has 1 aromatic heterocycles. The summed E-state index contributed by atoms with van der Waals surface area (Å²) in [4.78, 5) is 27.0. The molecule has 2 saturated heterocycles. The molecule has 0 bridgehead atoms. The zero-order valence-electron chi connectivity index (χ0n) is 16.9. The number of ether oxygens (including phenoxy) is 2. The van der Waals surface area contributed by atoms with Crippen molar-refractivity contribution in [3.63, 3.8) is 0 Å². The molecular formula is C21H22F3N3O4. The number of aryl methyl sites for hydroxylation is 1. The van der Waals surface area contributed by atoms with Gasteiger partial charge in [-0.15, -0.1) is 0 Å². The second-order valence-electron chi connectivity index (χ2n) is 7.66. The number of hydrogen-bond acceptors (Lipinski definition) is 5. The van der Waals surface area contributed by atoms with E-state index < -0.39 is 28.8 Å². The summed E-state index contributed by atoms with van der Waals surface area (Å²) in [6, 6.07) is 6.06. The molecule has 0 saturated carbocycles. The molecule has 4 rings (SSSR count). The number of likely N-dealkylation sites (tertiary alicyclic amines) is 1. The number of para-hydroxylation sites is 1. The number of carbonyl (C=O) groups is 1. The number of nitrogens with zero attached hydrogens (tertiary/aromatic N) is 3. The molecule has 1 aromatic carbocycles. The third kappa shape index (κ3) is 4.35. The Balaban J connectivity index is 1.61. The van der Waals surface area contributed by atoms with Gasteiger partial charge in [-0.25, -0.2) is 4.68 Å². The molecule has 10 heteroatoms. The molecule has 2 aromatic rings. The molecule has 0 N–H and O–H groups in total. The van der Waals surface area contributed by atoms with Crippen LogP contribution in [0.5, 0.6) is 0 Å². The highest BCUT2D eigenvalue weighted by Gasteiger charge is 2.35. The van der Waals surface area contributed by atoms with Gasteiger partial charge < -0.3 is 14.4 Å². The number of carbonyl (C=O) groups excluding carboxylic acids is 1. The molecule has 3 heterocycles. The minimum atomic E-state index is -4.61. The lowest BCUT2D eigenvalue weighted by Gasteiger charge is -2.33. The highest BCUT2D eigenvalue weighted by molar-refractivity contribution is 5.92. The van der Waals surface area contributed by atoms with Gasteiger partial charge in [0.1, 0.15) is 0 Å². The summed E-state index contributed by atoms with van der Waals surface area (Å²) in [5, 5.41) is 4.05. The van der Waals surface area contributed by atoms with E-state index in [1.54, 1.807) is 0 Å². The largest absolute Gasteiger partial charge is 0.418 e. The topological polar surface area (TPSA) is 73.7 Å². The lowest BCUT2D eigenvalue weighted by molar-refractivity contribution is -0.137. The Bertz CT molecular complexity index is 1020. The van der Waals surface area contributed by atoms with Gasteiger partial charge in [-0.2, -0.15) is 18.3 Å². The predicted molar refractivity (Wildman–Crippen MR) is 104 cm³/mol. The van der Waals surface area contributed by atoms with Crippen LogP contribution < -0.4 is 5.43 Å². The maximum atomic E-state index is 13.5. The van der Waals surface area contributed by atoms with E-state index in [1.807, 2.05) is 0 Å². The molecule has 0 unspecified atom stereocenters. The van der Waals surface area contributed by atoms with Gasteiger partial charge in [0.2, 0.25) is 5.43 Å². The van der Waals surface area contributed by atoms with Crippen molar-refractivity contribution in [2.75, 3.05) is 26.3 Å². The molecule has 2 aliphatic rings. The van der Waals surface area contributed by atoms with Crippen molar-refractivity contribution in [2.24, 2.45) is 5.92 Å². The van der Waals surface area contributed by atoms with Gasteiger partial charge in [0, 0.05) is 30.8 Å². The summed E-state index contributed by atoms with van der Waals surface area (Å²) in [5.41, 5.74) is -1.95. The van der Waals surface area contributed by atoms with Crippen molar-refractivity contribution in [3.05, 3.63) is 57.5 Å². The van der Waals surface area contributed by atoms with Crippen LogP contribution in [0.4, 0.5) is 13.2 Å². The highest BCUT2D eigenvalue weighted by atomic mass is 19.4. The van der Waals surface area contributed by atoms with Crippen molar-refractivity contribution in [1.82, 2.24) is 14.7 Å². The van der Waals surface area contributed by atoms with Crippen molar-refractivity contribution >= 4 is 5.91 Å². The Morgan fingerprint density at radius 1 is 1.13 bits per heavy atom. The van der Waals surface area contributed by atoms with Crippen LogP contribution in [0.3, 0.4) is 0 Å². The Labute approximate surface area is 176 Å². The van der Waals surface area contributed by atoms with Crippen LogP contribution in [-0.4, -0.2) is 53.2 Å². The SMILES string of the molecule is Cc1cc(=O)c(C(=O)N2CCC(C3OCCO3)CC2)nn1-c1ccccc1C(F)(F)F. The minimum Gasteiger partial charge on any atom is -0.350 e. The molecule has 0 atom stereocenters. The quantitative estimate of drug-likeness (QED) is 0.739. The molecule has 0 aliphatic carbocycles. The fraction of sp³-hybridized carbons (Fsp3) is 0.476. The minimum absolute atomic E-state index is 0.160. The number of alkyl halides is 3. The molecule has 1 amide bonds. The van der Waals surface area contributed by atoms with E-state index in [-0.39, 0.29) is 23.6 Å². The lowest BCUT2D eigenvalue weighted by Crippen LogP contribution is -2.43. The van der Waals surface area contributed by atoms with Crippen molar-refractivity contribution in [2.45, 2.75) is 32.2 Å². The van der Waals surface area contributed by atoms with Crippen LogP contribution in [0, 0.1) is 12.8 Å². The zero-order chi connectivity index (χ0) is 22.2. The van der Waals surface area contributed by atoms with E-state index in [0.717, 1.165) is 16.8 Å². The van der Waals surface area contributed by atoms with Gasteiger partial charge in [0.25, 0.3) is 5.91 Å². The first kappa shape index (κ1) is 21.5. The molecule has 2 fully saturated rings. The number of rotatable bonds is 3. The normalized spacial score (nSPS) is 18.5. The van der Waals surface area contributed by atoms with E-state index in [9.17, 15) is 22.8 Å². The van der Waals surface area contributed by atoms with Crippen LogP contribution >= 0.6 is 0 Å². The number of benzene rings is 1. The smallest absolute Gasteiger partial charge is 0.350 e. The van der Waals surface area contributed by atoms with E-state index >= 15 is 0 Å². The van der Waals surface area contributed by atoms with Crippen LogP contribution in [-0.2, 0) is 15.7 Å². The first-order chi connectivity index (χ1) is 14.8. The van der Waals surface area contributed by atoms with Gasteiger partial charge >= 0.3 is 6.18 Å². The third-order valence-electron chi connectivity index (χ3n) is 5.61. The van der Waals surface area contributed by atoms with E-state index in [1.165, 1.54) is 30.0 Å². The number of hydrogen-bond donors (Lipinski definition) is 0. The maximum absolute atomic E-state index is 13.5. The van der Waals surface area contributed by atoms with Gasteiger partial charge in [0.15, 0.2) is 12.0 Å². The zero-order valence-corrected chi connectivity index (χ0v) is 16.9. The summed E-state index contributed by atoms with van der Waals surface area (Å²) in [6.07, 6.45) is -3.59. The van der Waals surface area contributed by atoms with Crippen molar-refractivity contribution in [3.8, 4) is 5.69 Å². The summed E-state index contributed by atoms with van der Waals surface area (Å²) < 4.78 is 52.4. The van der Waals surface area contributed by atoms with Crippen LogP contribution in [0.15, 0.2) is 35.1 Å². The van der Waals surface area contributed by atoms with E-state index in [0.29, 0.717) is 39.1 Å². The average Bonchev–Trinajstić information content (AvgIpc) is 3.28. The van der Waals surface area contributed by atoms with Gasteiger partial charge in [-0.1, -0.05) is 12.1 Å². The van der Waals surface area contributed by atoms with Crippen LogP contribution in [0.2, 0.25) is 0 Å². The second kappa shape index (κ2) is 8.43. The predicted octanol–water partition coefficient (Wildman–Crippen LogP) is 2.78. The first-order valence-electron chi connectivity index (χ1n) is 10.1. The molecule has 166 valence electrons. The van der Waals surface area contributed by atoms with Crippen LogP contribution in [0.1, 0.15) is 34.6 Å². The molecule has 0 radical (unpaired) electrons. The summed E-state index contributed by atoms with van der Waals surface area (Å²) >= 11 is 0. The summed E-state index contributed by atoms with van der Waals surface area (Å²) in [6.45, 7) is 3.36. The fourth-order valence-corrected chi connectivity index (χ4v) is 4.01. The molecular weight excluding hydrogens is 415 g/mol. The highest BCUT2D eigenvalue weighted by Crippen LogP contribution is 2.33. The number of halogens is 3. The average molecular weight is 437 g/mol. The van der Waals surface area contributed by atoms with Gasteiger partial charge in [-0.3, -0.25) is 9.59 Å². The second-order valence-corrected chi connectivity index (χ2v) is 7.66. The van der Waals surface area contributed by atoms with Gasteiger partial charge in [-0.05, 0) is 31.9 Å². The Hall–Kier alpha value is -2.72. The number of piperidine rings is 1. The van der Waals surface area contributed by atoms with Gasteiger partial charge in [0.05, 0.1) is 24.5 Å². The first-order valence-corrected chi connectivity index (χ1v) is 10.1. The van der Waals surface area contributed by atoms with Crippen molar-refractivity contribution < 1.29 is 27.4 Å². The summed E-state index contributed by atoms with van der Waals surface area (Å²) in [7, 11) is 0. The Kier molecular flexibility index (Phi) is 5.85. The van der Waals surface area contributed by atoms with Crippen molar-refractivity contribution in [1.29, 1.82) is 0 Å². The third-order valence-corrected chi connectivity index (χ3v) is 5.61. The number of amides is 1. The standard InChI is InChI=1S/C21H22F3N3O4/c1-13-12-17(28)18(25-27(13)16-5-3-2-4-15(16)21(22,23)24)19(29)26-8-6-14(7-9-26)20-30-10-11-31-20/h2-5,12,14,20H,6-11H2,1H3. The lowest BCUT2D eigenvalue weighted by atomic mass is 9.96. The molecule has 7 nitrogen and oxygen atoms in total. The van der Waals surface area contributed by atoms with Crippen LogP contribution in [0.25, 0.3) is 5.69 Å². The number of aromatic nitrogens is 2. The monoisotopic (exact) mass is 437 g/mol. The van der Waals surface area contributed by atoms with E-state index in [4.69, 9.17) is 9.47 Å². The molecule has 31 heavy (non-hydrogen) atoms. The maximum Gasteiger partial charge on any atom is 0.418 e. The fourth-order valence-electron chi connectivity index (χ4n) is 4.01. The summed E-state index contributed by atoms with van der Waals surface area (Å²) in [5.74, 6) is -0.428. The Morgan fingerprint density at radius 2 is 1.77 bits per heavy atom. The Morgan fingerprint density at radius 3 is 2.42 bits per heavy atom. The van der Waals surface area contributed by atoms with E-state index in [2.05, 4.69) is 5.10 Å². The molecule has 2 aliphatic heterocycles.